The van der Waals surface area contributed by atoms with Crippen LogP contribution in [0.2, 0.25) is 0 Å². The van der Waals surface area contributed by atoms with Crippen molar-refractivity contribution in [1.29, 1.82) is 0 Å². The largest absolute Gasteiger partial charge is 0.497 e. The second-order valence-electron chi connectivity index (χ2n) is 4.76. The maximum absolute atomic E-state index is 11.2. The molecule has 0 fully saturated rings. The van der Waals surface area contributed by atoms with Gasteiger partial charge in [0.25, 0.3) is 0 Å². The number of methoxy groups -OCH3 is 2. The Morgan fingerprint density at radius 2 is 1.89 bits per heavy atom. The van der Waals surface area contributed by atoms with Crippen LogP contribution >= 0.6 is 0 Å². The maximum atomic E-state index is 11.2. The van der Waals surface area contributed by atoms with Crippen molar-refractivity contribution in [1.82, 2.24) is 0 Å². The Bertz CT molecular complexity index is 385. The standard InChI is InChI=1S/C14H21NO3/c1-14(15,10-13(16)18-3)9-8-11-4-6-12(17-2)7-5-11/h4-7H,8-10,15H2,1-3H3. The molecule has 0 aromatic heterocycles. The van der Waals surface area contributed by atoms with Gasteiger partial charge in [-0.3, -0.25) is 4.79 Å². The summed E-state index contributed by atoms with van der Waals surface area (Å²) in [4.78, 5) is 11.2. The van der Waals surface area contributed by atoms with E-state index in [1.54, 1.807) is 7.11 Å². The molecule has 2 N–H and O–H groups in total. The topological polar surface area (TPSA) is 61.5 Å². The van der Waals surface area contributed by atoms with Gasteiger partial charge in [0, 0.05) is 5.54 Å². The van der Waals surface area contributed by atoms with E-state index >= 15 is 0 Å². The van der Waals surface area contributed by atoms with E-state index in [2.05, 4.69) is 4.74 Å². The van der Waals surface area contributed by atoms with Gasteiger partial charge >= 0.3 is 5.97 Å². The van der Waals surface area contributed by atoms with Gasteiger partial charge < -0.3 is 15.2 Å². The Kier molecular flexibility index (Phi) is 5.16. The highest BCUT2D eigenvalue weighted by Crippen LogP contribution is 2.18. The lowest BCUT2D eigenvalue weighted by molar-refractivity contribution is -0.141. The number of rotatable bonds is 6. The SMILES string of the molecule is COC(=O)CC(C)(N)CCc1ccc(OC)cc1. The molecule has 0 heterocycles. The molecule has 0 saturated carbocycles. The highest BCUT2D eigenvalue weighted by atomic mass is 16.5. The van der Waals surface area contributed by atoms with E-state index in [9.17, 15) is 4.79 Å². The summed E-state index contributed by atoms with van der Waals surface area (Å²) in [7, 11) is 3.02. The molecule has 4 heteroatoms. The molecule has 1 atom stereocenters. The summed E-state index contributed by atoms with van der Waals surface area (Å²) in [6.07, 6.45) is 1.79. The molecule has 0 spiro atoms. The lowest BCUT2D eigenvalue weighted by Crippen LogP contribution is -2.39. The number of benzene rings is 1. The smallest absolute Gasteiger partial charge is 0.307 e. The first kappa shape index (κ1) is 14.5. The lowest BCUT2D eigenvalue weighted by atomic mass is 9.91. The van der Waals surface area contributed by atoms with Crippen molar-refractivity contribution in [2.45, 2.75) is 31.7 Å². The van der Waals surface area contributed by atoms with E-state index in [1.807, 2.05) is 31.2 Å². The van der Waals surface area contributed by atoms with Crippen LogP contribution in [0, 0.1) is 0 Å². The first-order valence-corrected chi connectivity index (χ1v) is 5.95. The van der Waals surface area contributed by atoms with Gasteiger partial charge in [-0.2, -0.15) is 0 Å². The van der Waals surface area contributed by atoms with E-state index in [4.69, 9.17) is 10.5 Å². The summed E-state index contributed by atoms with van der Waals surface area (Å²) >= 11 is 0. The van der Waals surface area contributed by atoms with Crippen LogP contribution in [0.15, 0.2) is 24.3 Å². The van der Waals surface area contributed by atoms with Crippen molar-refractivity contribution < 1.29 is 14.3 Å². The summed E-state index contributed by atoms with van der Waals surface area (Å²) in [6.45, 7) is 1.87. The molecule has 1 unspecified atom stereocenters. The Labute approximate surface area is 108 Å². The number of carbonyl (C=O) groups excluding carboxylic acids is 1. The zero-order valence-electron chi connectivity index (χ0n) is 11.2. The Balaban J connectivity index is 2.50. The first-order chi connectivity index (χ1) is 8.46. The van der Waals surface area contributed by atoms with Gasteiger partial charge in [-0.1, -0.05) is 12.1 Å². The van der Waals surface area contributed by atoms with Crippen LogP contribution in [0.1, 0.15) is 25.3 Å². The molecule has 0 saturated heterocycles. The molecule has 1 rings (SSSR count). The van der Waals surface area contributed by atoms with E-state index < -0.39 is 5.54 Å². The van der Waals surface area contributed by atoms with Crippen LogP contribution in [0.25, 0.3) is 0 Å². The van der Waals surface area contributed by atoms with E-state index in [-0.39, 0.29) is 12.4 Å². The molecule has 1 aromatic rings. The fourth-order valence-corrected chi connectivity index (χ4v) is 1.71. The van der Waals surface area contributed by atoms with Gasteiger partial charge in [-0.05, 0) is 37.5 Å². The minimum absolute atomic E-state index is 0.236. The molecule has 0 radical (unpaired) electrons. The lowest BCUT2D eigenvalue weighted by Gasteiger charge is -2.23. The number of hydrogen-bond donors (Lipinski definition) is 1. The first-order valence-electron chi connectivity index (χ1n) is 5.95. The third-order valence-electron chi connectivity index (χ3n) is 2.92. The van der Waals surface area contributed by atoms with Crippen LogP contribution in [0.5, 0.6) is 5.75 Å². The molecule has 0 aliphatic heterocycles. The molecule has 18 heavy (non-hydrogen) atoms. The predicted molar refractivity (Wildman–Crippen MR) is 70.5 cm³/mol. The average Bonchev–Trinajstić information content (AvgIpc) is 2.36. The summed E-state index contributed by atoms with van der Waals surface area (Å²) in [6, 6.07) is 7.85. The Morgan fingerprint density at radius 1 is 1.28 bits per heavy atom. The molecule has 4 nitrogen and oxygen atoms in total. The summed E-state index contributed by atoms with van der Waals surface area (Å²) < 4.78 is 9.73. The fraction of sp³-hybridized carbons (Fsp3) is 0.500. The van der Waals surface area contributed by atoms with Crippen molar-refractivity contribution in [3.8, 4) is 5.75 Å². The monoisotopic (exact) mass is 251 g/mol. The third kappa shape index (κ3) is 4.75. The molecule has 0 amide bonds. The molecule has 0 bridgehead atoms. The Hall–Kier alpha value is -1.55. The van der Waals surface area contributed by atoms with Crippen LogP contribution in [0.3, 0.4) is 0 Å². The number of ether oxygens (including phenoxy) is 2. The van der Waals surface area contributed by atoms with Crippen LogP contribution in [-0.4, -0.2) is 25.7 Å². The number of nitrogens with two attached hydrogens (primary N) is 1. The second-order valence-corrected chi connectivity index (χ2v) is 4.76. The van der Waals surface area contributed by atoms with Gasteiger partial charge in [0.15, 0.2) is 0 Å². The van der Waals surface area contributed by atoms with Crippen LogP contribution in [-0.2, 0) is 16.0 Å². The van der Waals surface area contributed by atoms with E-state index in [1.165, 1.54) is 12.7 Å². The second kappa shape index (κ2) is 6.40. The fourth-order valence-electron chi connectivity index (χ4n) is 1.71. The van der Waals surface area contributed by atoms with E-state index in [0.29, 0.717) is 0 Å². The molecule has 0 aliphatic rings. The van der Waals surface area contributed by atoms with Crippen molar-refractivity contribution in [3.05, 3.63) is 29.8 Å². The normalized spacial score (nSPS) is 13.8. The van der Waals surface area contributed by atoms with Gasteiger partial charge in [-0.25, -0.2) is 0 Å². The molecule has 1 aromatic carbocycles. The van der Waals surface area contributed by atoms with Gasteiger partial charge in [0.05, 0.1) is 20.6 Å². The summed E-state index contributed by atoms with van der Waals surface area (Å²) in [5, 5.41) is 0. The van der Waals surface area contributed by atoms with Gasteiger partial charge in [0.2, 0.25) is 0 Å². The molecular formula is C14H21NO3. The van der Waals surface area contributed by atoms with Crippen LogP contribution in [0.4, 0.5) is 0 Å². The van der Waals surface area contributed by atoms with Crippen molar-refractivity contribution >= 4 is 5.97 Å². The summed E-state index contributed by atoms with van der Waals surface area (Å²) in [5.74, 6) is 0.568. The molecule has 0 aliphatic carbocycles. The zero-order chi connectivity index (χ0) is 13.6. The molecular weight excluding hydrogens is 230 g/mol. The third-order valence-corrected chi connectivity index (χ3v) is 2.92. The summed E-state index contributed by atoms with van der Waals surface area (Å²) in [5.41, 5.74) is 6.72. The highest BCUT2D eigenvalue weighted by Gasteiger charge is 2.22. The minimum atomic E-state index is -0.535. The minimum Gasteiger partial charge on any atom is -0.497 e. The highest BCUT2D eigenvalue weighted by molar-refractivity contribution is 5.70. The average molecular weight is 251 g/mol. The molecule has 100 valence electrons. The van der Waals surface area contributed by atoms with Crippen LogP contribution < -0.4 is 10.5 Å². The number of aryl methyl sites for hydroxylation is 1. The number of esters is 1. The van der Waals surface area contributed by atoms with Gasteiger partial charge in [0.1, 0.15) is 5.75 Å². The number of carbonyl (C=O) groups is 1. The zero-order valence-corrected chi connectivity index (χ0v) is 11.2. The Morgan fingerprint density at radius 3 is 2.39 bits per heavy atom. The van der Waals surface area contributed by atoms with Gasteiger partial charge in [-0.15, -0.1) is 0 Å². The predicted octanol–water partition coefficient (Wildman–Crippen LogP) is 1.91. The van der Waals surface area contributed by atoms with Crippen molar-refractivity contribution in [3.63, 3.8) is 0 Å². The van der Waals surface area contributed by atoms with E-state index in [0.717, 1.165) is 18.6 Å². The van der Waals surface area contributed by atoms with Crippen molar-refractivity contribution in [2.24, 2.45) is 5.73 Å². The number of hydrogen-bond acceptors (Lipinski definition) is 4. The maximum Gasteiger partial charge on any atom is 0.307 e. The quantitative estimate of drug-likeness (QED) is 0.784. The van der Waals surface area contributed by atoms with Crippen molar-refractivity contribution in [2.75, 3.05) is 14.2 Å².